The lowest BCUT2D eigenvalue weighted by Crippen LogP contribution is -2.07. The normalized spacial score (nSPS) is 11.0. The molecule has 2 rings (SSSR count). The van der Waals surface area contributed by atoms with Gasteiger partial charge in [-0.15, -0.1) is 0 Å². The summed E-state index contributed by atoms with van der Waals surface area (Å²) < 4.78 is 23.5. The van der Waals surface area contributed by atoms with Crippen molar-refractivity contribution in [3.63, 3.8) is 0 Å². The summed E-state index contributed by atoms with van der Waals surface area (Å²) >= 11 is 0. The average molecular weight is 332 g/mol. The highest BCUT2D eigenvalue weighted by atomic mass is 32.2. The predicted molar refractivity (Wildman–Crippen MR) is 92.2 cm³/mol. The Morgan fingerprint density at radius 1 is 1.04 bits per heavy atom. The lowest BCUT2D eigenvalue weighted by Gasteiger charge is -2.09. The Bertz CT molecular complexity index is 784. The highest BCUT2D eigenvalue weighted by molar-refractivity contribution is 7.91. The molecule has 0 atom stereocenters. The van der Waals surface area contributed by atoms with Crippen LogP contribution in [0.5, 0.6) is 0 Å². The van der Waals surface area contributed by atoms with Crippen molar-refractivity contribution in [2.45, 2.75) is 25.3 Å². The number of benzene rings is 2. The van der Waals surface area contributed by atoms with Gasteiger partial charge in [0.15, 0.2) is 9.84 Å². The van der Waals surface area contributed by atoms with E-state index in [-0.39, 0.29) is 11.7 Å². The number of rotatable bonds is 6. The van der Waals surface area contributed by atoms with E-state index in [0.717, 1.165) is 16.9 Å². The maximum Gasteiger partial charge on any atom is 0.221 e. The number of sulfone groups is 1. The van der Waals surface area contributed by atoms with Gasteiger partial charge in [-0.3, -0.25) is 4.79 Å². The molecule has 0 aliphatic carbocycles. The zero-order valence-electron chi connectivity index (χ0n) is 13.2. The maximum absolute atomic E-state index is 11.8. The Kier molecular flexibility index (Phi) is 5.39. The van der Waals surface area contributed by atoms with E-state index < -0.39 is 9.84 Å². The van der Waals surface area contributed by atoms with Crippen molar-refractivity contribution in [3.8, 4) is 0 Å². The van der Waals surface area contributed by atoms with Gasteiger partial charge in [0.05, 0.1) is 10.6 Å². The van der Waals surface area contributed by atoms with Crippen LogP contribution < -0.4 is 10.6 Å². The van der Waals surface area contributed by atoms with Gasteiger partial charge in [0.25, 0.3) is 0 Å². The zero-order chi connectivity index (χ0) is 16.9. The molecule has 0 spiro atoms. The van der Waals surface area contributed by atoms with Crippen LogP contribution in [-0.2, 0) is 21.2 Å². The molecule has 0 fully saturated rings. The number of carbonyl (C=O) groups is 1. The predicted octanol–water partition coefficient (Wildman–Crippen LogP) is 3.05. The fourth-order valence-electron chi connectivity index (χ4n) is 2.11. The summed E-state index contributed by atoms with van der Waals surface area (Å²) in [6, 6.07) is 14.3. The molecule has 2 N–H and O–H groups in total. The molecule has 6 heteroatoms. The zero-order valence-corrected chi connectivity index (χ0v) is 14.0. The lowest BCUT2D eigenvalue weighted by molar-refractivity contribution is -0.114. The van der Waals surface area contributed by atoms with Crippen molar-refractivity contribution < 1.29 is 13.2 Å². The third kappa shape index (κ3) is 4.82. The molecule has 5 nitrogen and oxygen atoms in total. The number of hydrogen-bond donors (Lipinski definition) is 2. The molecule has 2 aromatic rings. The van der Waals surface area contributed by atoms with Crippen molar-refractivity contribution in [1.82, 2.24) is 0 Å². The molecule has 0 heterocycles. The van der Waals surface area contributed by atoms with Crippen LogP contribution in [-0.4, -0.2) is 20.1 Å². The highest BCUT2D eigenvalue weighted by Crippen LogP contribution is 2.17. The van der Waals surface area contributed by atoms with Crippen LogP contribution in [0.2, 0.25) is 0 Å². The van der Waals surface area contributed by atoms with Gasteiger partial charge in [0, 0.05) is 24.8 Å². The minimum atomic E-state index is -3.17. The second-order valence-electron chi connectivity index (χ2n) is 5.16. The van der Waals surface area contributed by atoms with Gasteiger partial charge in [-0.1, -0.05) is 19.1 Å². The molecule has 0 aliphatic rings. The molecule has 0 saturated carbocycles. The first kappa shape index (κ1) is 17.0. The molecule has 0 bridgehead atoms. The van der Waals surface area contributed by atoms with Gasteiger partial charge in [0.1, 0.15) is 0 Å². The molecule has 0 saturated heterocycles. The second-order valence-corrected chi connectivity index (χ2v) is 7.44. The summed E-state index contributed by atoms with van der Waals surface area (Å²) in [7, 11) is -3.17. The molecule has 0 unspecified atom stereocenters. The van der Waals surface area contributed by atoms with Crippen molar-refractivity contribution in [2.75, 3.05) is 16.4 Å². The SMILES string of the molecule is CCS(=O)(=O)c1ccc(NCc2cccc(NC(C)=O)c2)cc1. The van der Waals surface area contributed by atoms with E-state index in [2.05, 4.69) is 10.6 Å². The molecular weight excluding hydrogens is 312 g/mol. The van der Waals surface area contributed by atoms with Crippen molar-refractivity contribution in [2.24, 2.45) is 0 Å². The van der Waals surface area contributed by atoms with Gasteiger partial charge >= 0.3 is 0 Å². The summed E-state index contributed by atoms with van der Waals surface area (Å²) in [5.41, 5.74) is 2.60. The second kappa shape index (κ2) is 7.28. The van der Waals surface area contributed by atoms with E-state index in [9.17, 15) is 13.2 Å². The molecule has 0 aromatic heterocycles. The molecule has 23 heavy (non-hydrogen) atoms. The minimum Gasteiger partial charge on any atom is -0.381 e. The Hall–Kier alpha value is -2.34. The Labute approximate surface area is 136 Å². The number of nitrogens with one attached hydrogen (secondary N) is 2. The third-order valence-electron chi connectivity index (χ3n) is 3.34. The van der Waals surface area contributed by atoms with Crippen LogP contribution in [0, 0.1) is 0 Å². The summed E-state index contributed by atoms with van der Waals surface area (Å²) in [5, 5.41) is 5.97. The number of hydrogen-bond acceptors (Lipinski definition) is 4. The van der Waals surface area contributed by atoms with E-state index in [1.807, 2.05) is 24.3 Å². The minimum absolute atomic E-state index is 0.0930. The molecule has 2 aromatic carbocycles. The third-order valence-corrected chi connectivity index (χ3v) is 5.09. The molecule has 122 valence electrons. The molecular formula is C17H20N2O3S. The van der Waals surface area contributed by atoms with Gasteiger partial charge in [0.2, 0.25) is 5.91 Å². The number of carbonyl (C=O) groups excluding carboxylic acids is 1. The Balaban J connectivity index is 2.02. The average Bonchev–Trinajstić information content (AvgIpc) is 2.53. The molecule has 1 amide bonds. The number of anilines is 2. The largest absolute Gasteiger partial charge is 0.381 e. The molecule has 0 aliphatic heterocycles. The van der Waals surface area contributed by atoms with Crippen LogP contribution in [0.25, 0.3) is 0 Å². The summed E-state index contributed by atoms with van der Waals surface area (Å²) in [6.07, 6.45) is 0. The van der Waals surface area contributed by atoms with Crippen LogP contribution in [0.1, 0.15) is 19.4 Å². The van der Waals surface area contributed by atoms with Gasteiger partial charge in [-0.05, 0) is 42.0 Å². The van der Waals surface area contributed by atoms with Crippen molar-refractivity contribution in [1.29, 1.82) is 0 Å². The maximum atomic E-state index is 11.8. The van der Waals surface area contributed by atoms with Crippen LogP contribution in [0.4, 0.5) is 11.4 Å². The van der Waals surface area contributed by atoms with Gasteiger partial charge in [-0.25, -0.2) is 8.42 Å². The Morgan fingerprint density at radius 2 is 1.74 bits per heavy atom. The monoisotopic (exact) mass is 332 g/mol. The van der Waals surface area contributed by atoms with E-state index in [4.69, 9.17) is 0 Å². The Morgan fingerprint density at radius 3 is 2.35 bits per heavy atom. The van der Waals surface area contributed by atoms with Crippen molar-refractivity contribution >= 4 is 27.1 Å². The summed E-state index contributed by atoms with van der Waals surface area (Å²) in [5.74, 6) is -0.0155. The van der Waals surface area contributed by atoms with Crippen molar-refractivity contribution in [3.05, 3.63) is 54.1 Å². The fourth-order valence-corrected chi connectivity index (χ4v) is 3.00. The lowest BCUT2D eigenvalue weighted by atomic mass is 10.2. The van der Waals surface area contributed by atoms with E-state index >= 15 is 0 Å². The summed E-state index contributed by atoms with van der Waals surface area (Å²) in [6.45, 7) is 3.67. The van der Waals surface area contributed by atoms with Crippen LogP contribution in [0.15, 0.2) is 53.4 Å². The standard InChI is InChI=1S/C17H20N2O3S/c1-3-23(21,22)17-9-7-15(8-10-17)18-12-14-5-4-6-16(11-14)19-13(2)20/h4-11,18H,3,12H2,1-2H3,(H,19,20). The highest BCUT2D eigenvalue weighted by Gasteiger charge is 2.10. The fraction of sp³-hybridized carbons (Fsp3) is 0.235. The molecule has 0 radical (unpaired) electrons. The summed E-state index contributed by atoms with van der Waals surface area (Å²) in [4.78, 5) is 11.4. The van der Waals surface area contributed by atoms with Crippen LogP contribution >= 0.6 is 0 Å². The van der Waals surface area contributed by atoms with E-state index in [1.54, 1.807) is 31.2 Å². The topological polar surface area (TPSA) is 75.3 Å². The van der Waals surface area contributed by atoms with Gasteiger partial charge < -0.3 is 10.6 Å². The first-order valence-electron chi connectivity index (χ1n) is 7.34. The smallest absolute Gasteiger partial charge is 0.221 e. The first-order valence-corrected chi connectivity index (χ1v) is 8.99. The van der Waals surface area contributed by atoms with E-state index in [0.29, 0.717) is 11.4 Å². The van der Waals surface area contributed by atoms with Gasteiger partial charge in [-0.2, -0.15) is 0 Å². The first-order chi connectivity index (χ1) is 10.9. The number of amides is 1. The quantitative estimate of drug-likeness (QED) is 0.852. The van der Waals surface area contributed by atoms with E-state index in [1.165, 1.54) is 6.92 Å². The van der Waals surface area contributed by atoms with Crippen LogP contribution in [0.3, 0.4) is 0 Å².